The molecule has 72 valence electrons. The van der Waals surface area contributed by atoms with Gasteiger partial charge in [0.25, 0.3) is 0 Å². The predicted octanol–water partition coefficient (Wildman–Crippen LogP) is 1.44. The lowest BCUT2D eigenvalue weighted by Gasteiger charge is -2.16. The minimum atomic E-state index is 0.522. The average molecular weight is 180 g/mol. The minimum Gasteiger partial charge on any atom is -0.494 e. The molecule has 0 aliphatic rings. The van der Waals surface area contributed by atoms with E-state index >= 15 is 0 Å². The lowest BCUT2D eigenvalue weighted by Crippen LogP contribution is -2.24. The highest BCUT2D eigenvalue weighted by molar-refractivity contribution is 5.48. The SMILES string of the molecule is CCOc1ccc(N(C)CN)cc1. The summed E-state index contributed by atoms with van der Waals surface area (Å²) in [6.45, 7) is 3.19. The Kier molecular flexibility index (Phi) is 3.58. The third-order valence-corrected chi connectivity index (χ3v) is 1.86. The topological polar surface area (TPSA) is 38.5 Å². The van der Waals surface area contributed by atoms with Gasteiger partial charge in [0.1, 0.15) is 5.75 Å². The van der Waals surface area contributed by atoms with Crippen LogP contribution in [-0.2, 0) is 0 Å². The van der Waals surface area contributed by atoms with E-state index in [1.54, 1.807) is 0 Å². The molecular formula is C10H16N2O. The van der Waals surface area contributed by atoms with Gasteiger partial charge in [-0.25, -0.2) is 0 Å². The zero-order chi connectivity index (χ0) is 9.68. The van der Waals surface area contributed by atoms with Gasteiger partial charge in [-0.3, -0.25) is 0 Å². The number of nitrogens with zero attached hydrogens (tertiary/aromatic N) is 1. The molecule has 0 atom stereocenters. The number of anilines is 1. The van der Waals surface area contributed by atoms with Gasteiger partial charge in [-0.15, -0.1) is 0 Å². The third-order valence-electron chi connectivity index (χ3n) is 1.86. The van der Waals surface area contributed by atoms with Gasteiger partial charge < -0.3 is 15.4 Å². The smallest absolute Gasteiger partial charge is 0.119 e. The first-order valence-corrected chi connectivity index (χ1v) is 4.42. The second-order valence-corrected chi connectivity index (χ2v) is 2.81. The van der Waals surface area contributed by atoms with Crippen molar-refractivity contribution in [1.82, 2.24) is 0 Å². The molecule has 0 spiro atoms. The Hall–Kier alpha value is -1.22. The molecule has 0 bridgehead atoms. The molecular weight excluding hydrogens is 164 g/mol. The van der Waals surface area contributed by atoms with E-state index in [1.807, 2.05) is 43.1 Å². The zero-order valence-corrected chi connectivity index (χ0v) is 8.16. The first-order chi connectivity index (χ1) is 6.27. The van der Waals surface area contributed by atoms with Crippen LogP contribution in [0.1, 0.15) is 6.92 Å². The Bertz CT molecular complexity index is 246. The van der Waals surface area contributed by atoms with Crippen molar-refractivity contribution in [1.29, 1.82) is 0 Å². The van der Waals surface area contributed by atoms with Gasteiger partial charge in [0.15, 0.2) is 0 Å². The van der Waals surface area contributed by atoms with Crippen molar-refractivity contribution in [2.45, 2.75) is 6.92 Å². The zero-order valence-electron chi connectivity index (χ0n) is 8.16. The maximum absolute atomic E-state index is 5.50. The third kappa shape index (κ3) is 2.63. The van der Waals surface area contributed by atoms with Gasteiger partial charge in [-0.05, 0) is 31.2 Å². The summed E-state index contributed by atoms with van der Waals surface area (Å²) in [5.41, 5.74) is 6.60. The van der Waals surface area contributed by atoms with Crippen molar-refractivity contribution in [3.05, 3.63) is 24.3 Å². The fourth-order valence-corrected chi connectivity index (χ4v) is 1.07. The maximum atomic E-state index is 5.50. The summed E-state index contributed by atoms with van der Waals surface area (Å²) < 4.78 is 5.32. The molecule has 13 heavy (non-hydrogen) atoms. The molecule has 0 aliphatic carbocycles. The van der Waals surface area contributed by atoms with Crippen molar-refractivity contribution in [3.8, 4) is 5.75 Å². The average Bonchev–Trinajstić information content (AvgIpc) is 2.18. The summed E-state index contributed by atoms with van der Waals surface area (Å²) in [7, 11) is 1.95. The summed E-state index contributed by atoms with van der Waals surface area (Å²) in [6, 6.07) is 7.89. The van der Waals surface area contributed by atoms with E-state index in [0.29, 0.717) is 13.3 Å². The Morgan fingerprint density at radius 1 is 1.31 bits per heavy atom. The molecule has 0 aliphatic heterocycles. The first-order valence-electron chi connectivity index (χ1n) is 4.42. The molecule has 0 saturated heterocycles. The largest absolute Gasteiger partial charge is 0.494 e. The van der Waals surface area contributed by atoms with Crippen LogP contribution in [0, 0.1) is 0 Å². The molecule has 0 fully saturated rings. The van der Waals surface area contributed by atoms with Crippen LogP contribution in [0.5, 0.6) is 5.75 Å². The fourth-order valence-electron chi connectivity index (χ4n) is 1.07. The molecule has 1 aromatic rings. The van der Waals surface area contributed by atoms with Crippen LogP contribution in [0.4, 0.5) is 5.69 Å². The normalized spacial score (nSPS) is 9.77. The molecule has 1 aromatic carbocycles. The molecule has 0 heterocycles. The molecule has 0 unspecified atom stereocenters. The molecule has 0 amide bonds. The van der Waals surface area contributed by atoms with Crippen molar-refractivity contribution < 1.29 is 4.74 Å². The lowest BCUT2D eigenvalue weighted by molar-refractivity contribution is 0.340. The van der Waals surface area contributed by atoms with Crippen molar-refractivity contribution in [2.24, 2.45) is 5.73 Å². The van der Waals surface area contributed by atoms with Gasteiger partial charge in [-0.2, -0.15) is 0 Å². The standard InChI is InChI=1S/C10H16N2O/c1-3-13-10-6-4-9(5-7-10)12(2)8-11/h4-7H,3,8,11H2,1-2H3. The molecule has 0 aromatic heterocycles. The van der Waals surface area contributed by atoms with Gasteiger partial charge in [0.2, 0.25) is 0 Å². The Morgan fingerprint density at radius 2 is 1.92 bits per heavy atom. The highest BCUT2D eigenvalue weighted by Crippen LogP contribution is 2.17. The predicted molar refractivity (Wildman–Crippen MR) is 55.1 cm³/mol. The monoisotopic (exact) mass is 180 g/mol. The van der Waals surface area contributed by atoms with Gasteiger partial charge in [0.05, 0.1) is 13.3 Å². The van der Waals surface area contributed by atoms with Crippen LogP contribution >= 0.6 is 0 Å². The molecule has 3 nitrogen and oxygen atoms in total. The highest BCUT2D eigenvalue weighted by atomic mass is 16.5. The minimum absolute atomic E-state index is 0.522. The van der Waals surface area contributed by atoms with E-state index in [1.165, 1.54) is 0 Å². The molecule has 3 heteroatoms. The summed E-state index contributed by atoms with van der Waals surface area (Å²) in [6.07, 6.45) is 0. The number of benzene rings is 1. The quantitative estimate of drug-likeness (QED) is 0.712. The van der Waals surface area contributed by atoms with Crippen molar-refractivity contribution >= 4 is 5.69 Å². The van der Waals surface area contributed by atoms with Crippen molar-refractivity contribution in [2.75, 3.05) is 25.2 Å². The van der Waals surface area contributed by atoms with Crippen LogP contribution in [-0.4, -0.2) is 20.3 Å². The molecule has 0 radical (unpaired) electrons. The maximum Gasteiger partial charge on any atom is 0.119 e. The Balaban J connectivity index is 2.69. The fraction of sp³-hybridized carbons (Fsp3) is 0.400. The first kappa shape index (κ1) is 9.86. The van der Waals surface area contributed by atoms with E-state index < -0.39 is 0 Å². The number of hydrogen-bond acceptors (Lipinski definition) is 3. The van der Waals surface area contributed by atoms with Gasteiger partial charge >= 0.3 is 0 Å². The van der Waals surface area contributed by atoms with E-state index in [2.05, 4.69) is 0 Å². The van der Waals surface area contributed by atoms with E-state index in [4.69, 9.17) is 10.5 Å². The second-order valence-electron chi connectivity index (χ2n) is 2.81. The Labute approximate surface area is 79.1 Å². The molecule has 2 N–H and O–H groups in total. The summed E-state index contributed by atoms with van der Waals surface area (Å²) in [5, 5.41) is 0. The van der Waals surface area contributed by atoms with Crippen LogP contribution in [0.2, 0.25) is 0 Å². The number of ether oxygens (including phenoxy) is 1. The Morgan fingerprint density at radius 3 is 2.38 bits per heavy atom. The molecule has 0 saturated carbocycles. The van der Waals surface area contributed by atoms with Crippen LogP contribution in [0.15, 0.2) is 24.3 Å². The number of rotatable bonds is 4. The van der Waals surface area contributed by atoms with Crippen LogP contribution in [0.3, 0.4) is 0 Å². The van der Waals surface area contributed by atoms with E-state index in [0.717, 1.165) is 11.4 Å². The van der Waals surface area contributed by atoms with Crippen molar-refractivity contribution in [3.63, 3.8) is 0 Å². The van der Waals surface area contributed by atoms with E-state index in [-0.39, 0.29) is 0 Å². The number of hydrogen-bond donors (Lipinski definition) is 1. The molecule has 1 rings (SSSR count). The van der Waals surface area contributed by atoms with Gasteiger partial charge in [-0.1, -0.05) is 0 Å². The summed E-state index contributed by atoms with van der Waals surface area (Å²) in [5.74, 6) is 0.900. The van der Waals surface area contributed by atoms with Gasteiger partial charge in [0, 0.05) is 12.7 Å². The van der Waals surface area contributed by atoms with E-state index in [9.17, 15) is 0 Å². The van der Waals surface area contributed by atoms with Crippen LogP contribution in [0.25, 0.3) is 0 Å². The van der Waals surface area contributed by atoms with Crippen LogP contribution < -0.4 is 15.4 Å². The lowest BCUT2D eigenvalue weighted by atomic mass is 10.3. The highest BCUT2D eigenvalue weighted by Gasteiger charge is 1.97. The second kappa shape index (κ2) is 4.72. The number of nitrogens with two attached hydrogens (primary N) is 1. The summed E-state index contributed by atoms with van der Waals surface area (Å²) in [4.78, 5) is 1.97. The summed E-state index contributed by atoms with van der Waals surface area (Å²) >= 11 is 0.